The van der Waals surface area contributed by atoms with Crippen LogP contribution in [0.1, 0.15) is 6.92 Å². The first-order valence-electron chi connectivity index (χ1n) is 4.33. The topological polar surface area (TPSA) is 132 Å². The SMILES string of the molecule is C[C@H](N)C(=O)O.Cl.Nc1ccc([N+](=O)[O-])cc1. The van der Waals surface area contributed by atoms with Gasteiger partial charge in [0.1, 0.15) is 6.04 Å². The summed E-state index contributed by atoms with van der Waals surface area (Å²) < 4.78 is 0. The summed E-state index contributed by atoms with van der Waals surface area (Å²) in [5.41, 5.74) is 10.7. The molecule has 0 radical (unpaired) electrons. The van der Waals surface area contributed by atoms with Crippen molar-refractivity contribution in [2.75, 3.05) is 5.73 Å². The molecule has 0 heterocycles. The molecule has 7 nitrogen and oxygen atoms in total. The molecular weight excluding hydrogens is 250 g/mol. The van der Waals surface area contributed by atoms with E-state index in [4.69, 9.17) is 16.6 Å². The maximum absolute atomic E-state index is 10.1. The number of non-ortho nitro benzene ring substituents is 1. The maximum atomic E-state index is 10.1. The Morgan fingerprint density at radius 3 is 2.00 bits per heavy atom. The van der Waals surface area contributed by atoms with Crippen LogP contribution in [0.5, 0.6) is 0 Å². The molecule has 8 heteroatoms. The molecule has 17 heavy (non-hydrogen) atoms. The maximum Gasteiger partial charge on any atom is 0.320 e. The number of aliphatic carboxylic acids is 1. The van der Waals surface area contributed by atoms with E-state index >= 15 is 0 Å². The molecule has 0 fully saturated rings. The Bertz CT molecular complexity index is 367. The van der Waals surface area contributed by atoms with E-state index in [1.165, 1.54) is 31.2 Å². The second-order valence-electron chi connectivity index (χ2n) is 2.98. The van der Waals surface area contributed by atoms with Gasteiger partial charge in [-0.3, -0.25) is 14.9 Å². The van der Waals surface area contributed by atoms with Crippen molar-refractivity contribution in [3.8, 4) is 0 Å². The van der Waals surface area contributed by atoms with Gasteiger partial charge in [-0.25, -0.2) is 0 Å². The fourth-order valence-corrected chi connectivity index (χ4v) is 0.596. The van der Waals surface area contributed by atoms with Crippen LogP contribution in [0.3, 0.4) is 0 Å². The molecule has 1 atom stereocenters. The van der Waals surface area contributed by atoms with Gasteiger partial charge in [-0.2, -0.15) is 0 Å². The minimum atomic E-state index is -0.963. The number of nitro benzene ring substituents is 1. The number of nitrogens with zero attached hydrogens (tertiary/aromatic N) is 1. The van der Waals surface area contributed by atoms with Crippen molar-refractivity contribution < 1.29 is 14.8 Å². The number of halogens is 1. The molecule has 0 spiro atoms. The molecule has 1 aromatic rings. The highest BCUT2D eigenvalue weighted by Gasteiger charge is 2.01. The molecule has 0 saturated carbocycles. The Balaban J connectivity index is 0. The van der Waals surface area contributed by atoms with Crippen LogP contribution in [0.4, 0.5) is 11.4 Å². The van der Waals surface area contributed by atoms with Crippen LogP contribution in [0, 0.1) is 10.1 Å². The summed E-state index contributed by atoms with van der Waals surface area (Å²) >= 11 is 0. The lowest BCUT2D eigenvalue weighted by atomic mass is 10.3. The molecule has 0 aliphatic rings. The molecule has 1 aromatic carbocycles. The quantitative estimate of drug-likeness (QED) is 0.414. The molecule has 0 bridgehead atoms. The predicted molar refractivity (Wildman–Crippen MR) is 66.0 cm³/mol. The second-order valence-corrected chi connectivity index (χ2v) is 2.98. The lowest BCUT2D eigenvalue weighted by Crippen LogP contribution is -2.25. The fraction of sp³-hybridized carbons (Fsp3) is 0.222. The van der Waals surface area contributed by atoms with Gasteiger partial charge in [-0.15, -0.1) is 12.4 Å². The lowest BCUT2D eigenvalue weighted by molar-refractivity contribution is -0.384. The van der Waals surface area contributed by atoms with Crippen LogP contribution in [0.25, 0.3) is 0 Å². The molecule has 0 aliphatic carbocycles. The number of hydrogen-bond donors (Lipinski definition) is 3. The van der Waals surface area contributed by atoms with Crippen molar-refractivity contribution in [1.29, 1.82) is 0 Å². The van der Waals surface area contributed by atoms with Crippen molar-refractivity contribution in [3.05, 3.63) is 34.4 Å². The number of nitro groups is 1. The number of nitrogens with two attached hydrogens (primary N) is 2. The summed E-state index contributed by atoms with van der Waals surface area (Å²) in [5.74, 6) is -0.963. The summed E-state index contributed by atoms with van der Waals surface area (Å²) in [7, 11) is 0. The Kier molecular flexibility index (Phi) is 8.57. The first kappa shape index (κ1) is 17.5. The van der Waals surface area contributed by atoms with Crippen LogP contribution < -0.4 is 11.5 Å². The average Bonchev–Trinajstić information content (AvgIpc) is 2.19. The Morgan fingerprint density at radius 2 is 1.76 bits per heavy atom. The van der Waals surface area contributed by atoms with E-state index in [-0.39, 0.29) is 18.1 Å². The number of rotatable bonds is 2. The van der Waals surface area contributed by atoms with Gasteiger partial charge >= 0.3 is 5.97 Å². The number of benzene rings is 1. The van der Waals surface area contributed by atoms with Gasteiger partial charge < -0.3 is 16.6 Å². The van der Waals surface area contributed by atoms with Crippen molar-refractivity contribution in [2.45, 2.75) is 13.0 Å². The van der Waals surface area contributed by atoms with Gasteiger partial charge in [0.05, 0.1) is 4.92 Å². The second kappa shape index (κ2) is 8.31. The van der Waals surface area contributed by atoms with Crippen LogP contribution in [0.15, 0.2) is 24.3 Å². The summed E-state index contributed by atoms with van der Waals surface area (Å²) in [5, 5.41) is 17.9. The zero-order valence-corrected chi connectivity index (χ0v) is 9.89. The average molecular weight is 264 g/mol. The highest BCUT2D eigenvalue weighted by atomic mass is 35.5. The zero-order valence-electron chi connectivity index (χ0n) is 9.07. The molecular formula is C9H14ClN3O4. The lowest BCUT2D eigenvalue weighted by Gasteiger charge is -1.90. The molecule has 0 saturated heterocycles. The van der Waals surface area contributed by atoms with Crippen molar-refractivity contribution >= 4 is 29.8 Å². The molecule has 0 aromatic heterocycles. The third-order valence-corrected chi connectivity index (χ3v) is 1.49. The van der Waals surface area contributed by atoms with Crippen LogP contribution in [-0.2, 0) is 4.79 Å². The standard InChI is InChI=1S/C6H6N2O2.C3H7NO2.ClH/c7-5-1-3-6(4-2-5)8(9)10;1-2(4)3(5)6;/h1-4H,7H2;2H,4H2,1H3,(H,5,6);1H/t;2-;/m.0./s1. The van der Waals surface area contributed by atoms with E-state index in [1.54, 1.807) is 0 Å². The zero-order chi connectivity index (χ0) is 12.7. The van der Waals surface area contributed by atoms with E-state index in [0.29, 0.717) is 5.69 Å². The number of nitrogen functional groups attached to an aromatic ring is 1. The number of carbonyl (C=O) groups is 1. The summed E-state index contributed by atoms with van der Waals surface area (Å²) in [4.78, 5) is 19.2. The van der Waals surface area contributed by atoms with Gasteiger partial charge in [-0.1, -0.05) is 0 Å². The van der Waals surface area contributed by atoms with Gasteiger partial charge in [0.15, 0.2) is 0 Å². The number of carboxylic acid groups (broad SMARTS) is 1. The first-order valence-corrected chi connectivity index (χ1v) is 4.33. The number of carboxylic acids is 1. The summed E-state index contributed by atoms with van der Waals surface area (Å²) in [6.07, 6.45) is 0. The Labute approximate surface area is 104 Å². The third-order valence-electron chi connectivity index (χ3n) is 1.49. The summed E-state index contributed by atoms with van der Waals surface area (Å²) in [6, 6.07) is 5.01. The summed E-state index contributed by atoms with van der Waals surface area (Å²) in [6.45, 7) is 1.42. The molecule has 0 aliphatic heterocycles. The monoisotopic (exact) mass is 263 g/mol. The normalized spacial score (nSPS) is 10.2. The van der Waals surface area contributed by atoms with Crippen LogP contribution >= 0.6 is 12.4 Å². The third kappa shape index (κ3) is 8.00. The van der Waals surface area contributed by atoms with Crippen molar-refractivity contribution in [3.63, 3.8) is 0 Å². The first-order chi connectivity index (χ1) is 7.34. The Hall–Kier alpha value is -1.86. The van der Waals surface area contributed by atoms with Gasteiger partial charge in [-0.05, 0) is 19.1 Å². The van der Waals surface area contributed by atoms with Gasteiger partial charge in [0.2, 0.25) is 0 Å². The Morgan fingerprint density at radius 1 is 1.41 bits per heavy atom. The predicted octanol–water partition coefficient (Wildman–Crippen LogP) is 1.02. The molecule has 0 unspecified atom stereocenters. The number of anilines is 1. The molecule has 0 amide bonds. The van der Waals surface area contributed by atoms with E-state index < -0.39 is 16.9 Å². The fourth-order valence-electron chi connectivity index (χ4n) is 0.596. The van der Waals surface area contributed by atoms with Crippen molar-refractivity contribution in [1.82, 2.24) is 0 Å². The number of hydrogen-bond acceptors (Lipinski definition) is 5. The highest BCUT2D eigenvalue weighted by molar-refractivity contribution is 5.85. The smallest absolute Gasteiger partial charge is 0.320 e. The van der Waals surface area contributed by atoms with Gasteiger partial charge in [0.25, 0.3) is 5.69 Å². The minimum Gasteiger partial charge on any atom is -0.480 e. The van der Waals surface area contributed by atoms with E-state index in [2.05, 4.69) is 0 Å². The molecule has 96 valence electrons. The van der Waals surface area contributed by atoms with E-state index in [9.17, 15) is 14.9 Å². The molecule has 1 rings (SSSR count). The van der Waals surface area contributed by atoms with Crippen LogP contribution in [-0.4, -0.2) is 22.0 Å². The van der Waals surface area contributed by atoms with E-state index in [1.807, 2.05) is 0 Å². The minimum absolute atomic E-state index is 0. The van der Waals surface area contributed by atoms with Crippen LogP contribution in [0.2, 0.25) is 0 Å². The highest BCUT2D eigenvalue weighted by Crippen LogP contribution is 2.11. The van der Waals surface area contributed by atoms with Crippen molar-refractivity contribution in [2.24, 2.45) is 5.73 Å². The van der Waals surface area contributed by atoms with Gasteiger partial charge in [0, 0.05) is 17.8 Å². The molecule has 5 N–H and O–H groups in total. The largest absolute Gasteiger partial charge is 0.480 e. The van der Waals surface area contributed by atoms with E-state index in [0.717, 1.165) is 0 Å².